The van der Waals surface area contributed by atoms with E-state index in [1.54, 1.807) is 6.20 Å². The van der Waals surface area contributed by atoms with Crippen LogP contribution >= 0.6 is 11.3 Å². The summed E-state index contributed by atoms with van der Waals surface area (Å²) in [6.07, 6.45) is 1.79. The largest absolute Gasteiger partial charge is 0.397 e. The van der Waals surface area contributed by atoms with Crippen LogP contribution in [-0.2, 0) is 6.54 Å². The van der Waals surface area contributed by atoms with E-state index in [0.29, 0.717) is 5.69 Å². The van der Waals surface area contributed by atoms with Crippen LogP contribution in [0.5, 0.6) is 0 Å². The average molecular weight is 269 g/mol. The minimum absolute atomic E-state index is 0.716. The molecule has 0 saturated heterocycles. The molecule has 3 aromatic rings. The molecular weight excluding hydrogens is 254 g/mol. The van der Waals surface area contributed by atoms with Gasteiger partial charge >= 0.3 is 0 Å². The molecule has 96 valence electrons. The van der Waals surface area contributed by atoms with Gasteiger partial charge in [0.1, 0.15) is 0 Å². The molecule has 2 aromatic heterocycles. The zero-order valence-electron chi connectivity index (χ0n) is 10.7. The molecule has 0 bridgehead atoms. The smallest absolute Gasteiger partial charge is 0.0951 e. The van der Waals surface area contributed by atoms with Gasteiger partial charge in [0.25, 0.3) is 0 Å². The van der Waals surface area contributed by atoms with Crippen LogP contribution in [0.3, 0.4) is 0 Å². The summed E-state index contributed by atoms with van der Waals surface area (Å²) in [4.78, 5) is 7.00. The summed E-state index contributed by atoms with van der Waals surface area (Å²) in [5, 5.41) is 4.52. The van der Waals surface area contributed by atoms with Gasteiger partial charge in [-0.25, -0.2) is 0 Å². The van der Waals surface area contributed by atoms with Gasteiger partial charge in [-0.15, -0.1) is 11.3 Å². The maximum atomic E-state index is 5.95. The van der Waals surface area contributed by atoms with Crippen molar-refractivity contribution in [3.05, 3.63) is 52.3 Å². The van der Waals surface area contributed by atoms with E-state index in [2.05, 4.69) is 29.4 Å². The van der Waals surface area contributed by atoms with Gasteiger partial charge in [0.05, 0.1) is 11.2 Å². The summed E-state index contributed by atoms with van der Waals surface area (Å²) < 4.78 is 0. The quantitative estimate of drug-likeness (QED) is 0.711. The predicted octanol–water partition coefficient (Wildman–Crippen LogP) is 3.80. The maximum absolute atomic E-state index is 5.95. The van der Waals surface area contributed by atoms with E-state index in [-0.39, 0.29) is 0 Å². The van der Waals surface area contributed by atoms with Crippen molar-refractivity contribution in [3.63, 3.8) is 0 Å². The SMILES string of the molecule is Cc1ccc(CNc2ccnc3c(N)cccc23)s1. The highest BCUT2D eigenvalue weighted by Crippen LogP contribution is 2.26. The third-order valence-electron chi connectivity index (χ3n) is 3.05. The second kappa shape index (κ2) is 4.90. The molecule has 3 nitrogen and oxygen atoms in total. The number of nitrogens with zero attached hydrogens (tertiary/aromatic N) is 1. The van der Waals surface area contributed by atoms with Crippen molar-refractivity contribution in [2.75, 3.05) is 11.1 Å². The number of aryl methyl sites for hydroxylation is 1. The highest BCUT2D eigenvalue weighted by atomic mass is 32.1. The van der Waals surface area contributed by atoms with Gasteiger partial charge in [-0.3, -0.25) is 4.98 Å². The summed E-state index contributed by atoms with van der Waals surface area (Å²) in [6, 6.07) is 12.2. The molecule has 0 spiro atoms. The highest BCUT2D eigenvalue weighted by Gasteiger charge is 2.04. The van der Waals surface area contributed by atoms with Gasteiger partial charge in [-0.1, -0.05) is 12.1 Å². The zero-order valence-corrected chi connectivity index (χ0v) is 11.5. The van der Waals surface area contributed by atoms with E-state index in [4.69, 9.17) is 5.73 Å². The first-order valence-corrected chi connectivity index (χ1v) is 6.98. The Labute approximate surface area is 116 Å². The third-order valence-corrected chi connectivity index (χ3v) is 4.05. The Morgan fingerprint density at radius 3 is 2.89 bits per heavy atom. The van der Waals surface area contributed by atoms with Crippen molar-refractivity contribution in [2.45, 2.75) is 13.5 Å². The molecule has 0 atom stereocenters. The Balaban J connectivity index is 1.91. The summed E-state index contributed by atoms with van der Waals surface area (Å²) >= 11 is 1.81. The summed E-state index contributed by atoms with van der Waals surface area (Å²) in [6.45, 7) is 2.95. The number of hydrogen-bond donors (Lipinski definition) is 2. The van der Waals surface area contributed by atoms with E-state index >= 15 is 0 Å². The van der Waals surface area contributed by atoms with E-state index in [1.807, 2.05) is 35.6 Å². The molecule has 19 heavy (non-hydrogen) atoms. The predicted molar refractivity (Wildman–Crippen MR) is 82.5 cm³/mol. The van der Waals surface area contributed by atoms with E-state index in [1.165, 1.54) is 9.75 Å². The topological polar surface area (TPSA) is 50.9 Å². The van der Waals surface area contributed by atoms with Crippen molar-refractivity contribution < 1.29 is 0 Å². The summed E-state index contributed by atoms with van der Waals surface area (Å²) in [7, 11) is 0. The van der Waals surface area contributed by atoms with Crippen molar-refractivity contribution in [1.82, 2.24) is 4.98 Å². The lowest BCUT2D eigenvalue weighted by molar-refractivity contribution is 1.19. The fourth-order valence-electron chi connectivity index (χ4n) is 2.12. The number of rotatable bonds is 3. The summed E-state index contributed by atoms with van der Waals surface area (Å²) in [5.74, 6) is 0. The number of thiophene rings is 1. The number of hydrogen-bond acceptors (Lipinski definition) is 4. The number of benzene rings is 1. The Bertz CT molecular complexity index is 718. The molecule has 0 aliphatic rings. The second-order valence-electron chi connectivity index (χ2n) is 4.47. The number of para-hydroxylation sites is 1. The van der Waals surface area contributed by atoms with Crippen LogP contribution in [0.25, 0.3) is 10.9 Å². The first kappa shape index (κ1) is 12.0. The molecule has 0 aliphatic carbocycles. The number of anilines is 2. The minimum atomic E-state index is 0.716. The maximum Gasteiger partial charge on any atom is 0.0951 e. The van der Waals surface area contributed by atoms with Gasteiger partial charge < -0.3 is 11.1 Å². The molecule has 0 saturated carbocycles. The Morgan fingerprint density at radius 1 is 1.21 bits per heavy atom. The van der Waals surface area contributed by atoms with Crippen LogP contribution < -0.4 is 11.1 Å². The minimum Gasteiger partial charge on any atom is -0.397 e. The number of nitrogen functional groups attached to an aromatic ring is 1. The lowest BCUT2D eigenvalue weighted by Crippen LogP contribution is -1.99. The molecule has 3 N–H and O–H groups in total. The average Bonchev–Trinajstić information content (AvgIpc) is 2.83. The van der Waals surface area contributed by atoms with Crippen LogP contribution in [0, 0.1) is 6.92 Å². The number of pyridine rings is 1. The number of fused-ring (bicyclic) bond motifs is 1. The van der Waals surface area contributed by atoms with E-state index in [0.717, 1.165) is 23.1 Å². The zero-order chi connectivity index (χ0) is 13.2. The summed E-state index contributed by atoms with van der Waals surface area (Å²) in [5.41, 5.74) is 8.59. The Hall–Kier alpha value is -2.07. The van der Waals surface area contributed by atoms with Crippen LogP contribution in [0.4, 0.5) is 11.4 Å². The standard InChI is InChI=1S/C15H15N3S/c1-10-5-6-11(19-10)9-18-14-7-8-17-15-12(14)3-2-4-13(15)16/h2-8H,9,16H2,1H3,(H,17,18). The number of nitrogens with two attached hydrogens (primary N) is 1. The molecule has 3 rings (SSSR count). The van der Waals surface area contributed by atoms with Gasteiger partial charge in [0.15, 0.2) is 0 Å². The first-order valence-electron chi connectivity index (χ1n) is 6.16. The van der Waals surface area contributed by atoms with E-state index in [9.17, 15) is 0 Å². The molecule has 0 amide bonds. The van der Waals surface area contributed by atoms with E-state index < -0.39 is 0 Å². The van der Waals surface area contributed by atoms with Gasteiger partial charge in [0.2, 0.25) is 0 Å². The second-order valence-corrected chi connectivity index (χ2v) is 5.84. The molecule has 2 heterocycles. The lowest BCUT2D eigenvalue weighted by atomic mass is 10.1. The van der Waals surface area contributed by atoms with Crippen LogP contribution in [0.2, 0.25) is 0 Å². The third kappa shape index (κ3) is 2.39. The number of aromatic nitrogens is 1. The van der Waals surface area contributed by atoms with Crippen molar-refractivity contribution in [2.24, 2.45) is 0 Å². The van der Waals surface area contributed by atoms with Gasteiger partial charge in [-0.2, -0.15) is 0 Å². The van der Waals surface area contributed by atoms with Gasteiger partial charge in [0, 0.05) is 33.6 Å². The highest BCUT2D eigenvalue weighted by molar-refractivity contribution is 7.11. The van der Waals surface area contributed by atoms with Crippen molar-refractivity contribution in [3.8, 4) is 0 Å². The fraction of sp³-hybridized carbons (Fsp3) is 0.133. The molecule has 4 heteroatoms. The lowest BCUT2D eigenvalue weighted by Gasteiger charge is -2.09. The molecular formula is C15H15N3S. The molecule has 0 aliphatic heterocycles. The Morgan fingerprint density at radius 2 is 2.11 bits per heavy atom. The Kier molecular flexibility index (Phi) is 3.09. The van der Waals surface area contributed by atoms with Crippen LogP contribution in [0.1, 0.15) is 9.75 Å². The monoisotopic (exact) mass is 269 g/mol. The van der Waals surface area contributed by atoms with Crippen molar-refractivity contribution in [1.29, 1.82) is 0 Å². The van der Waals surface area contributed by atoms with Crippen LogP contribution in [0.15, 0.2) is 42.6 Å². The van der Waals surface area contributed by atoms with Gasteiger partial charge in [-0.05, 0) is 31.2 Å². The molecule has 0 fully saturated rings. The number of nitrogens with one attached hydrogen (secondary N) is 1. The fourth-order valence-corrected chi connectivity index (χ4v) is 2.95. The first-order chi connectivity index (χ1) is 9.24. The molecule has 0 radical (unpaired) electrons. The molecule has 1 aromatic carbocycles. The normalized spacial score (nSPS) is 10.8. The van der Waals surface area contributed by atoms with Crippen LogP contribution in [-0.4, -0.2) is 4.98 Å². The van der Waals surface area contributed by atoms with Crippen molar-refractivity contribution >= 4 is 33.6 Å². The molecule has 0 unspecified atom stereocenters.